The Morgan fingerprint density at radius 2 is 0.850 bits per heavy atom. The molecule has 0 fully saturated rings. The molecule has 16 N–H and O–H groups in total. The van der Waals surface area contributed by atoms with Gasteiger partial charge >= 0.3 is 79.6 Å². The minimum absolute atomic E-state index is 0. The van der Waals surface area contributed by atoms with Crippen LogP contribution in [-0.4, -0.2) is 73.2 Å². The first-order valence-corrected chi connectivity index (χ1v) is 2.36. The Hall–Kier alpha value is -0.461. The van der Waals surface area contributed by atoms with Crippen molar-refractivity contribution in [3.05, 3.63) is 0 Å². The van der Waals surface area contributed by atoms with Crippen LogP contribution in [0, 0.1) is 0 Å². The molecule has 0 atom stereocenters. The van der Waals surface area contributed by atoms with Crippen molar-refractivity contribution in [3.8, 4) is 0 Å². The van der Waals surface area contributed by atoms with E-state index in [1.54, 1.807) is 0 Å². The van der Waals surface area contributed by atoms with Crippen LogP contribution in [0.2, 0.25) is 0 Å². The largest absolute Gasteiger partial charge is 2.00 e. The standard InChI is InChI=1S/B4O7.Mn.8H2O/c5-1-9-3(7)11-4(8)10-2-6;;;;;;;;;/h;;8*1H2/q-2;+2;;;;;;;;. The summed E-state index contributed by atoms with van der Waals surface area (Å²) in [5.41, 5.74) is 0. The minimum atomic E-state index is -2.27. The molecular weight excluding hydrogens is 338 g/mol. The number of hydrogen-bond donors (Lipinski definition) is 0. The summed E-state index contributed by atoms with van der Waals surface area (Å²) in [6.07, 6.45) is 0. The molecule has 0 aromatic rings. The predicted molar refractivity (Wildman–Crippen MR) is 56.6 cm³/mol. The second kappa shape index (κ2) is 51.3. The summed E-state index contributed by atoms with van der Waals surface area (Å²) < 4.78 is 29.8. The maximum absolute atomic E-state index is 10.1. The first-order valence-electron chi connectivity index (χ1n) is 2.36. The third kappa shape index (κ3) is 52.7. The van der Waals surface area contributed by atoms with E-state index >= 15 is 0 Å². The van der Waals surface area contributed by atoms with Crippen molar-refractivity contribution in [2.45, 2.75) is 0 Å². The molecule has 0 saturated heterocycles. The Morgan fingerprint density at radius 3 is 1.00 bits per heavy atom. The first-order chi connectivity index (χ1) is 5.20. The van der Waals surface area contributed by atoms with Crippen LogP contribution in [0.5, 0.6) is 0 Å². The predicted octanol–water partition coefficient (Wildman–Crippen LogP) is -10.9. The van der Waals surface area contributed by atoms with Gasteiger partial charge < -0.3 is 43.8 Å². The molecule has 20 heavy (non-hydrogen) atoms. The van der Waals surface area contributed by atoms with Gasteiger partial charge in [0.05, 0.1) is 0 Å². The van der Waals surface area contributed by atoms with E-state index in [0.717, 1.165) is 0 Å². The van der Waals surface area contributed by atoms with E-state index in [4.69, 9.17) is 0 Å². The zero-order valence-corrected chi connectivity index (χ0v) is 10.7. The summed E-state index contributed by atoms with van der Waals surface area (Å²) in [6.45, 7) is 0. The van der Waals surface area contributed by atoms with Crippen molar-refractivity contribution in [2.24, 2.45) is 0 Å². The van der Waals surface area contributed by atoms with Gasteiger partial charge in [-0.1, -0.05) is 0 Å². The van der Waals surface area contributed by atoms with E-state index in [1.165, 1.54) is 0 Å². The van der Waals surface area contributed by atoms with Gasteiger partial charge in [-0.05, 0) is 0 Å². The van der Waals surface area contributed by atoms with Gasteiger partial charge in [0.15, 0.2) is 0 Å². The maximum Gasteiger partial charge on any atom is 2.00 e. The molecule has 0 aliphatic heterocycles. The molecule has 1 radical (unpaired) electrons. The zero-order chi connectivity index (χ0) is 8.69. The van der Waals surface area contributed by atoms with Crippen molar-refractivity contribution >= 4 is 29.3 Å². The van der Waals surface area contributed by atoms with E-state index in [9.17, 15) is 19.5 Å². The topological polar surface area (TPSA) is 360 Å². The molecule has 0 unspecified atom stereocenters. The van der Waals surface area contributed by atoms with Crippen molar-refractivity contribution in [1.82, 2.24) is 0 Å². The monoisotopic (exact) mass is 355 g/mol. The molecule has 20 heteroatoms. The Kier molecular flexibility index (Phi) is 189. The third-order valence-electron chi connectivity index (χ3n) is 0.556. The van der Waals surface area contributed by atoms with E-state index in [1.807, 2.05) is 0 Å². The van der Waals surface area contributed by atoms with Gasteiger partial charge in [-0.3, -0.25) is 0 Å². The van der Waals surface area contributed by atoms with Gasteiger partial charge in [0.25, 0.3) is 0 Å². The van der Waals surface area contributed by atoms with E-state index in [2.05, 4.69) is 13.7 Å². The quantitative estimate of drug-likeness (QED) is 0.413. The molecule has 15 nitrogen and oxygen atoms in total. The summed E-state index contributed by atoms with van der Waals surface area (Å²) in [7, 11) is -4.92. The minimum Gasteiger partial charge on any atom is 2.00 e. The normalized spacial score (nSPS) is 4.10. The van der Waals surface area contributed by atoms with Gasteiger partial charge in [-0.15, -0.1) is 0 Å². The summed E-state index contributed by atoms with van der Waals surface area (Å²) in [6, 6.07) is 0. The van der Waals surface area contributed by atoms with Crippen LogP contribution in [0.4, 0.5) is 0 Å². The molecule has 0 heterocycles. The fourth-order valence-electron chi connectivity index (χ4n) is 0.246. The van der Waals surface area contributed by atoms with Gasteiger partial charge in [0.1, 0.15) is 0 Å². The van der Waals surface area contributed by atoms with Crippen LogP contribution in [0.15, 0.2) is 0 Å². The average Bonchev–Trinajstić information content (AvgIpc) is 1.87. The number of hydrogen-bond acceptors (Lipinski definition) is 7. The fourth-order valence-corrected chi connectivity index (χ4v) is 0.246. The average molecular weight is 354 g/mol. The molecule has 0 spiro atoms. The molecule has 0 rings (SSSR count). The Morgan fingerprint density at radius 1 is 0.650 bits per heavy atom. The van der Waals surface area contributed by atoms with Gasteiger partial charge in [-0.25, -0.2) is 0 Å². The fraction of sp³-hybridized carbons (Fsp3) is 0. The molecule has 0 aromatic heterocycles. The Balaban J connectivity index is -0.0000000139. The SMILES string of the molecule is O.O.O.O.O.O.O.O.O=BOB([O-])OB([O-])OB=O.[Mn+2]. The molecule has 0 aliphatic rings. The summed E-state index contributed by atoms with van der Waals surface area (Å²) in [5, 5.41) is 20.3. The molecule has 0 amide bonds. The van der Waals surface area contributed by atoms with Gasteiger partial charge in [0, 0.05) is 0 Å². The summed E-state index contributed by atoms with van der Waals surface area (Å²) in [5.74, 6) is 0. The molecular formula is H16B4MnO15. The van der Waals surface area contributed by atoms with E-state index < -0.39 is 14.6 Å². The van der Waals surface area contributed by atoms with Crippen LogP contribution in [-0.2, 0) is 40.2 Å². The first kappa shape index (κ1) is 73.8. The number of rotatable bonds is 6. The second-order valence-electron chi connectivity index (χ2n) is 1.18. The van der Waals surface area contributed by atoms with Crippen molar-refractivity contribution < 1.29 is 94.1 Å². The summed E-state index contributed by atoms with van der Waals surface area (Å²) in [4.78, 5) is 0. The molecule has 125 valence electrons. The third-order valence-corrected chi connectivity index (χ3v) is 0.556. The van der Waals surface area contributed by atoms with Crippen LogP contribution < -0.4 is 10.0 Å². The van der Waals surface area contributed by atoms with Crippen LogP contribution >= 0.6 is 0 Å². The second-order valence-corrected chi connectivity index (χ2v) is 1.18. The van der Waals surface area contributed by atoms with Crippen molar-refractivity contribution in [2.75, 3.05) is 0 Å². The van der Waals surface area contributed by atoms with Crippen molar-refractivity contribution in [1.29, 1.82) is 0 Å². The van der Waals surface area contributed by atoms with Crippen LogP contribution in [0.25, 0.3) is 0 Å². The van der Waals surface area contributed by atoms with Crippen LogP contribution in [0.3, 0.4) is 0 Å². The van der Waals surface area contributed by atoms with Crippen LogP contribution in [0.1, 0.15) is 0 Å². The Bertz CT molecular complexity index is 119. The van der Waals surface area contributed by atoms with Gasteiger partial charge in [-0.2, -0.15) is 0 Å². The van der Waals surface area contributed by atoms with Crippen molar-refractivity contribution in [3.63, 3.8) is 0 Å². The summed E-state index contributed by atoms with van der Waals surface area (Å²) >= 11 is 0. The maximum atomic E-state index is 10.1. The smallest absolute Gasteiger partial charge is 2.00 e. The van der Waals surface area contributed by atoms with E-state index in [-0.39, 0.29) is 75.6 Å². The molecule has 0 aromatic carbocycles. The Labute approximate surface area is 124 Å². The zero-order valence-electron chi connectivity index (χ0n) is 9.55. The molecule has 0 bridgehead atoms. The van der Waals surface area contributed by atoms with E-state index in [0.29, 0.717) is 0 Å². The molecule has 0 aliphatic carbocycles. The molecule has 0 saturated carbocycles. The van der Waals surface area contributed by atoms with Gasteiger partial charge in [0.2, 0.25) is 0 Å².